The van der Waals surface area contributed by atoms with Gasteiger partial charge in [0.1, 0.15) is 5.75 Å². The Bertz CT molecular complexity index is 734. The van der Waals surface area contributed by atoms with Crippen LogP contribution >= 0.6 is 0 Å². The summed E-state index contributed by atoms with van der Waals surface area (Å²) in [7, 11) is -0.865. The molecule has 0 radical (unpaired) electrons. The molecule has 2 N–H and O–H groups in total. The number of hydrogen-bond donors (Lipinski definition) is 2. The molecule has 6 nitrogen and oxygen atoms in total. The van der Waals surface area contributed by atoms with E-state index in [1.807, 2.05) is 0 Å². The Labute approximate surface area is 134 Å². The fraction of sp³-hybridized carbons (Fsp3) is 0.143. The Hall–Kier alpha value is -2.59. The molecule has 1 aromatic carbocycles. The number of pyridine rings is 1. The molecule has 10 heteroatoms. The molecule has 0 saturated carbocycles. The predicted molar refractivity (Wildman–Crippen MR) is 76.9 cm³/mol. The Morgan fingerprint density at radius 1 is 1.21 bits per heavy atom. The number of carbonyl (C=O) groups is 1. The van der Waals surface area contributed by atoms with Crippen LogP contribution in [-0.4, -0.2) is 35.2 Å². The average molecular weight is 341 g/mol. The first-order valence-electron chi connectivity index (χ1n) is 6.52. The Balaban J connectivity index is 2.30. The van der Waals surface area contributed by atoms with E-state index in [4.69, 9.17) is 4.74 Å². The van der Waals surface area contributed by atoms with Crippen molar-refractivity contribution in [1.29, 1.82) is 0 Å². The van der Waals surface area contributed by atoms with E-state index in [0.717, 1.165) is 43.6 Å². The van der Waals surface area contributed by atoms with Gasteiger partial charge in [-0.25, -0.2) is 9.78 Å². The van der Waals surface area contributed by atoms with Crippen molar-refractivity contribution in [3.8, 4) is 11.6 Å². The van der Waals surface area contributed by atoms with Crippen LogP contribution < -0.4 is 10.2 Å². The molecule has 2 aromatic rings. The van der Waals surface area contributed by atoms with Crippen molar-refractivity contribution in [3.63, 3.8) is 0 Å². The van der Waals surface area contributed by atoms with Crippen LogP contribution in [0.4, 0.5) is 13.2 Å². The lowest BCUT2D eigenvalue weighted by Crippen LogP contribution is -2.32. The number of ether oxygens (including phenoxy) is 2. The molecule has 126 valence electrons. The molecule has 0 saturated heterocycles. The maximum atomic E-state index is 12.5. The number of aromatic nitrogens is 1. The monoisotopic (exact) mass is 341 g/mol. The van der Waals surface area contributed by atoms with Crippen molar-refractivity contribution in [3.05, 3.63) is 47.7 Å². The van der Waals surface area contributed by atoms with Gasteiger partial charge in [0, 0.05) is 11.7 Å². The van der Waals surface area contributed by atoms with Gasteiger partial charge in [0.25, 0.3) is 0 Å². The fourth-order valence-electron chi connectivity index (χ4n) is 1.79. The smallest absolute Gasteiger partial charge is 0.465 e. The van der Waals surface area contributed by atoms with E-state index in [1.54, 1.807) is 0 Å². The van der Waals surface area contributed by atoms with Gasteiger partial charge in [-0.15, -0.1) is 0 Å². The number of alkyl halides is 3. The van der Waals surface area contributed by atoms with E-state index in [-0.39, 0.29) is 22.7 Å². The summed E-state index contributed by atoms with van der Waals surface area (Å²) in [5.74, 6) is -1.01. The van der Waals surface area contributed by atoms with E-state index >= 15 is 0 Å². The van der Waals surface area contributed by atoms with E-state index in [1.165, 1.54) is 0 Å². The minimum atomic E-state index is -4.48. The largest absolute Gasteiger partial charge is 0.494 e. The Kier molecular flexibility index (Phi) is 5.10. The zero-order valence-corrected chi connectivity index (χ0v) is 12.2. The van der Waals surface area contributed by atoms with E-state index in [9.17, 15) is 28.0 Å². The number of benzene rings is 1. The van der Waals surface area contributed by atoms with Gasteiger partial charge < -0.3 is 19.5 Å². The van der Waals surface area contributed by atoms with E-state index in [0.29, 0.717) is 0 Å². The highest BCUT2D eigenvalue weighted by atomic mass is 19.4. The Morgan fingerprint density at radius 3 is 2.33 bits per heavy atom. The zero-order chi connectivity index (χ0) is 17.9. The summed E-state index contributed by atoms with van der Waals surface area (Å²) < 4.78 is 47.3. The van der Waals surface area contributed by atoms with E-state index < -0.39 is 24.8 Å². The number of carbonyl (C=O) groups excluding carboxylic acids is 1. The van der Waals surface area contributed by atoms with Crippen molar-refractivity contribution in [2.45, 2.75) is 6.18 Å². The molecular weight excluding hydrogens is 330 g/mol. The number of nitrogens with zero attached hydrogens (tertiary/aromatic N) is 1. The molecule has 2 rings (SSSR count). The lowest BCUT2D eigenvalue weighted by Gasteiger charge is -2.12. The molecule has 0 atom stereocenters. The highest BCUT2D eigenvalue weighted by molar-refractivity contribution is 6.59. The lowest BCUT2D eigenvalue weighted by atomic mass is 9.80. The number of halogens is 3. The van der Waals surface area contributed by atoms with Gasteiger partial charge in [-0.05, 0) is 30.3 Å². The summed E-state index contributed by atoms with van der Waals surface area (Å²) in [5, 5.41) is 18.7. The van der Waals surface area contributed by atoms with Gasteiger partial charge >= 0.3 is 19.3 Å². The normalized spacial score (nSPS) is 11.1. The van der Waals surface area contributed by atoms with Crippen molar-refractivity contribution in [2.24, 2.45) is 0 Å². The van der Waals surface area contributed by atoms with Crippen LogP contribution in [0.3, 0.4) is 0 Å². The number of rotatable bonds is 4. The van der Waals surface area contributed by atoms with Crippen LogP contribution in [0.5, 0.6) is 11.6 Å². The molecule has 0 fully saturated rings. The van der Waals surface area contributed by atoms with Crippen LogP contribution in [-0.2, 0) is 10.9 Å². The molecule has 0 aliphatic heterocycles. The summed E-state index contributed by atoms with van der Waals surface area (Å²) in [5.41, 5.74) is -1.13. The molecule has 0 bridgehead atoms. The maximum Gasteiger partial charge on any atom is 0.494 e. The molecular formula is C14H11BF3NO5. The first-order valence-corrected chi connectivity index (χ1v) is 6.52. The summed E-state index contributed by atoms with van der Waals surface area (Å²) in [6.45, 7) is 0. The topological polar surface area (TPSA) is 88.9 Å². The third-order valence-corrected chi connectivity index (χ3v) is 2.97. The van der Waals surface area contributed by atoms with Gasteiger partial charge in [-0.1, -0.05) is 0 Å². The average Bonchev–Trinajstić information content (AvgIpc) is 2.54. The molecule has 0 aliphatic rings. The van der Waals surface area contributed by atoms with Crippen molar-refractivity contribution < 1.29 is 37.5 Å². The molecule has 0 aliphatic carbocycles. The summed E-state index contributed by atoms with van der Waals surface area (Å²) in [6.07, 6.45) is -3.40. The molecule has 24 heavy (non-hydrogen) atoms. The van der Waals surface area contributed by atoms with Gasteiger partial charge in [0.05, 0.1) is 18.2 Å². The second-order valence-electron chi connectivity index (χ2n) is 4.61. The minimum absolute atomic E-state index is 0.00298. The fourth-order valence-corrected chi connectivity index (χ4v) is 1.79. The number of hydrogen-bond acceptors (Lipinski definition) is 6. The summed E-state index contributed by atoms with van der Waals surface area (Å²) in [4.78, 5) is 15.2. The second kappa shape index (κ2) is 6.89. The van der Waals surface area contributed by atoms with Crippen LogP contribution in [0.25, 0.3) is 0 Å². The Morgan fingerprint density at radius 2 is 1.83 bits per heavy atom. The SMILES string of the molecule is COC(=O)c1cnc(Oc2ccc(C(F)(F)F)cc2)c(B(O)O)c1. The van der Waals surface area contributed by atoms with Gasteiger partial charge in [-0.3, -0.25) is 0 Å². The zero-order valence-electron chi connectivity index (χ0n) is 12.2. The van der Waals surface area contributed by atoms with Crippen LogP contribution in [0.1, 0.15) is 15.9 Å². The van der Waals surface area contributed by atoms with Gasteiger partial charge in [0.15, 0.2) is 0 Å². The van der Waals surface area contributed by atoms with Gasteiger partial charge in [0.2, 0.25) is 5.88 Å². The third kappa shape index (κ3) is 4.03. The first kappa shape index (κ1) is 17.8. The second-order valence-corrected chi connectivity index (χ2v) is 4.61. The number of methoxy groups -OCH3 is 1. The van der Waals surface area contributed by atoms with Crippen molar-refractivity contribution in [1.82, 2.24) is 4.98 Å². The molecule has 0 spiro atoms. The van der Waals surface area contributed by atoms with E-state index in [2.05, 4.69) is 9.72 Å². The van der Waals surface area contributed by atoms with Crippen molar-refractivity contribution in [2.75, 3.05) is 7.11 Å². The molecule has 0 amide bonds. The van der Waals surface area contributed by atoms with Crippen LogP contribution in [0.2, 0.25) is 0 Å². The standard InChI is InChI=1S/C14H11BF3NO5/c1-23-13(20)8-6-11(15(21)22)12(19-7-8)24-10-4-2-9(3-5-10)14(16,17)18/h2-7,21-22H,1H3. The molecule has 1 aromatic heterocycles. The minimum Gasteiger partial charge on any atom is -0.465 e. The quantitative estimate of drug-likeness (QED) is 0.645. The van der Waals surface area contributed by atoms with Crippen LogP contribution in [0, 0.1) is 0 Å². The van der Waals surface area contributed by atoms with Gasteiger partial charge in [-0.2, -0.15) is 13.2 Å². The maximum absolute atomic E-state index is 12.5. The third-order valence-electron chi connectivity index (χ3n) is 2.97. The highest BCUT2D eigenvalue weighted by Gasteiger charge is 2.30. The van der Waals surface area contributed by atoms with Crippen molar-refractivity contribution >= 4 is 18.6 Å². The molecule has 1 heterocycles. The first-order chi connectivity index (χ1) is 11.2. The van der Waals surface area contributed by atoms with Crippen LogP contribution in [0.15, 0.2) is 36.5 Å². The molecule has 0 unspecified atom stereocenters. The summed E-state index contributed by atoms with van der Waals surface area (Å²) >= 11 is 0. The highest BCUT2D eigenvalue weighted by Crippen LogP contribution is 2.31. The summed E-state index contributed by atoms with van der Waals surface area (Å²) in [6, 6.07) is 4.85. The predicted octanol–water partition coefficient (Wildman–Crippen LogP) is 1.36. The number of esters is 1. The lowest BCUT2D eigenvalue weighted by molar-refractivity contribution is -0.137.